The smallest absolute Gasteiger partial charge is 0.330 e. The normalized spacial score (nSPS) is 18.0. The van der Waals surface area contributed by atoms with Crippen LogP contribution >= 0.6 is 15.9 Å². The minimum absolute atomic E-state index is 0.0343. The van der Waals surface area contributed by atoms with Crippen molar-refractivity contribution in [3.63, 3.8) is 0 Å². The molecule has 2 rings (SSSR count). The third kappa shape index (κ3) is 5.97. The molecule has 1 saturated heterocycles. The number of hydrogen-bond donors (Lipinski definition) is 2. The number of carbonyl (C=O) groups excluding carboxylic acids is 3. The van der Waals surface area contributed by atoms with E-state index in [0.717, 1.165) is 0 Å². The second kappa shape index (κ2) is 9.31. The minimum atomic E-state index is -0.484. The number of nitrogens with one attached hydrogen (secondary N) is 2. The number of carbonyl (C=O) groups is 3. The van der Waals surface area contributed by atoms with E-state index in [2.05, 4.69) is 31.5 Å². The van der Waals surface area contributed by atoms with Crippen molar-refractivity contribution in [1.82, 2.24) is 15.6 Å². The van der Waals surface area contributed by atoms with Gasteiger partial charge in [0.1, 0.15) is 0 Å². The maximum absolute atomic E-state index is 12.4. The standard InChI is InChI=1S/C17H20BrN3O4/c1-2-25-15(22)4-3-14(8-11-5-6-20-16(11)23)21-17(24)12-7-13(18)10-19-9-12/h3-4,7,9-11,14H,2,5-6,8H2,1H3,(H,20,23)(H,21,24)/b4-3+/t11-,14+/m0/s1. The highest BCUT2D eigenvalue weighted by atomic mass is 79.9. The Labute approximate surface area is 154 Å². The predicted octanol–water partition coefficient (Wildman–Crippen LogP) is 1.59. The Bertz CT molecular complexity index is 678. The van der Waals surface area contributed by atoms with Crippen LogP contribution in [0, 0.1) is 5.92 Å². The molecule has 0 spiro atoms. The van der Waals surface area contributed by atoms with Crippen LogP contribution in [-0.4, -0.2) is 42.0 Å². The number of rotatable bonds is 7. The average Bonchev–Trinajstić information content (AvgIpc) is 2.98. The van der Waals surface area contributed by atoms with Gasteiger partial charge >= 0.3 is 5.97 Å². The number of ether oxygens (including phenoxy) is 1. The van der Waals surface area contributed by atoms with Crippen LogP contribution in [0.25, 0.3) is 0 Å². The summed E-state index contributed by atoms with van der Waals surface area (Å²) in [5, 5.41) is 5.60. The first-order chi connectivity index (χ1) is 12.0. The van der Waals surface area contributed by atoms with Crippen molar-refractivity contribution in [3.8, 4) is 0 Å². The molecule has 0 bridgehead atoms. The second-order valence-electron chi connectivity index (χ2n) is 5.60. The molecule has 2 atom stereocenters. The summed E-state index contributed by atoms with van der Waals surface area (Å²) in [6.45, 7) is 2.62. The summed E-state index contributed by atoms with van der Waals surface area (Å²) in [4.78, 5) is 39.7. The zero-order chi connectivity index (χ0) is 18.2. The highest BCUT2D eigenvalue weighted by Crippen LogP contribution is 2.17. The summed E-state index contributed by atoms with van der Waals surface area (Å²) >= 11 is 3.27. The molecule has 0 aliphatic carbocycles. The van der Waals surface area contributed by atoms with Gasteiger partial charge in [0.2, 0.25) is 5.91 Å². The zero-order valence-corrected chi connectivity index (χ0v) is 15.4. The fourth-order valence-electron chi connectivity index (χ4n) is 2.53. The molecular weight excluding hydrogens is 390 g/mol. The van der Waals surface area contributed by atoms with E-state index >= 15 is 0 Å². The van der Waals surface area contributed by atoms with Crippen LogP contribution in [0.2, 0.25) is 0 Å². The lowest BCUT2D eigenvalue weighted by atomic mass is 9.97. The summed E-state index contributed by atoms with van der Waals surface area (Å²) < 4.78 is 5.54. The molecule has 0 radical (unpaired) electrons. The Hall–Kier alpha value is -2.22. The number of esters is 1. The lowest BCUT2D eigenvalue weighted by Crippen LogP contribution is -2.36. The van der Waals surface area contributed by atoms with Gasteiger partial charge in [-0.3, -0.25) is 14.6 Å². The average molecular weight is 410 g/mol. The van der Waals surface area contributed by atoms with Crippen LogP contribution < -0.4 is 10.6 Å². The Morgan fingerprint density at radius 1 is 1.52 bits per heavy atom. The van der Waals surface area contributed by atoms with Gasteiger partial charge < -0.3 is 15.4 Å². The molecule has 2 N–H and O–H groups in total. The molecule has 7 nitrogen and oxygen atoms in total. The largest absolute Gasteiger partial charge is 0.463 e. The Morgan fingerprint density at radius 3 is 2.96 bits per heavy atom. The van der Waals surface area contributed by atoms with Crippen LogP contribution in [-0.2, 0) is 14.3 Å². The summed E-state index contributed by atoms with van der Waals surface area (Å²) in [5.41, 5.74) is 0.389. The van der Waals surface area contributed by atoms with Crippen molar-refractivity contribution < 1.29 is 19.1 Å². The van der Waals surface area contributed by atoms with Crippen LogP contribution in [0.1, 0.15) is 30.1 Å². The first-order valence-electron chi connectivity index (χ1n) is 8.03. The van der Waals surface area contributed by atoms with Gasteiger partial charge in [0.25, 0.3) is 5.91 Å². The lowest BCUT2D eigenvalue weighted by molar-refractivity contribution is -0.137. The Kier molecular flexibility index (Phi) is 7.12. The van der Waals surface area contributed by atoms with E-state index in [9.17, 15) is 14.4 Å². The highest BCUT2D eigenvalue weighted by Gasteiger charge is 2.27. The van der Waals surface area contributed by atoms with Crippen molar-refractivity contribution in [2.24, 2.45) is 5.92 Å². The number of nitrogens with zero attached hydrogens (tertiary/aromatic N) is 1. The van der Waals surface area contributed by atoms with Gasteiger partial charge in [-0.1, -0.05) is 6.08 Å². The molecule has 25 heavy (non-hydrogen) atoms. The molecule has 0 unspecified atom stereocenters. The first-order valence-corrected chi connectivity index (χ1v) is 8.83. The minimum Gasteiger partial charge on any atom is -0.463 e. The molecule has 0 saturated carbocycles. The van der Waals surface area contributed by atoms with E-state index < -0.39 is 12.0 Å². The fraction of sp³-hybridized carbons (Fsp3) is 0.412. The van der Waals surface area contributed by atoms with Crippen molar-refractivity contribution >= 4 is 33.7 Å². The molecule has 8 heteroatoms. The third-order valence-electron chi connectivity index (χ3n) is 3.74. The van der Waals surface area contributed by atoms with Crippen LogP contribution in [0.3, 0.4) is 0 Å². The Balaban J connectivity index is 2.08. The number of aromatic nitrogens is 1. The van der Waals surface area contributed by atoms with Crippen molar-refractivity contribution in [3.05, 3.63) is 40.6 Å². The van der Waals surface area contributed by atoms with E-state index in [1.807, 2.05) is 0 Å². The second-order valence-corrected chi connectivity index (χ2v) is 6.51. The molecule has 2 amide bonds. The van der Waals surface area contributed by atoms with Gasteiger partial charge in [-0.2, -0.15) is 0 Å². The van der Waals surface area contributed by atoms with E-state index in [1.165, 1.54) is 12.3 Å². The maximum atomic E-state index is 12.4. The van der Waals surface area contributed by atoms with E-state index in [1.54, 1.807) is 25.3 Å². The van der Waals surface area contributed by atoms with Gasteiger partial charge in [0.15, 0.2) is 0 Å². The van der Waals surface area contributed by atoms with Gasteiger partial charge in [-0.15, -0.1) is 0 Å². The van der Waals surface area contributed by atoms with Crippen molar-refractivity contribution in [2.45, 2.75) is 25.8 Å². The molecule has 1 fully saturated rings. The fourth-order valence-corrected chi connectivity index (χ4v) is 2.90. The predicted molar refractivity (Wildman–Crippen MR) is 94.7 cm³/mol. The van der Waals surface area contributed by atoms with Crippen LogP contribution in [0.15, 0.2) is 35.1 Å². The molecular formula is C17H20BrN3O4. The number of halogens is 1. The molecule has 134 valence electrons. The lowest BCUT2D eigenvalue weighted by Gasteiger charge is -2.18. The number of pyridine rings is 1. The van der Waals surface area contributed by atoms with Crippen molar-refractivity contribution in [1.29, 1.82) is 0 Å². The van der Waals surface area contributed by atoms with Crippen LogP contribution in [0.5, 0.6) is 0 Å². The number of hydrogen-bond acceptors (Lipinski definition) is 5. The number of amides is 2. The summed E-state index contributed by atoms with van der Waals surface area (Å²) in [5.74, 6) is -1.04. The third-order valence-corrected chi connectivity index (χ3v) is 4.17. The Morgan fingerprint density at radius 2 is 2.32 bits per heavy atom. The summed E-state index contributed by atoms with van der Waals surface area (Å²) in [6.07, 6.45) is 6.99. The van der Waals surface area contributed by atoms with E-state index in [4.69, 9.17) is 4.74 Å². The zero-order valence-electron chi connectivity index (χ0n) is 13.8. The van der Waals surface area contributed by atoms with Gasteiger partial charge in [0.05, 0.1) is 12.2 Å². The quantitative estimate of drug-likeness (QED) is 0.526. The molecule has 1 aliphatic rings. The van der Waals surface area contributed by atoms with Gasteiger partial charge in [-0.25, -0.2) is 4.79 Å². The van der Waals surface area contributed by atoms with Crippen LogP contribution in [0.4, 0.5) is 0 Å². The first kappa shape index (κ1) is 19.1. The monoisotopic (exact) mass is 409 g/mol. The van der Waals surface area contributed by atoms with Crippen molar-refractivity contribution in [2.75, 3.05) is 13.2 Å². The summed E-state index contributed by atoms with van der Waals surface area (Å²) in [7, 11) is 0. The molecule has 0 aromatic carbocycles. The summed E-state index contributed by atoms with van der Waals surface area (Å²) in [6, 6.07) is 1.18. The maximum Gasteiger partial charge on any atom is 0.330 e. The molecule has 1 aromatic heterocycles. The molecule has 1 aliphatic heterocycles. The van der Waals surface area contributed by atoms with E-state index in [0.29, 0.717) is 29.4 Å². The molecule has 2 heterocycles. The van der Waals surface area contributed by atoms with E-state index in [-0.39, 0.29) is 24.3 Å². The SMILES string of the molecule is CCOC(=O)/C=C/[C@H](C[C@@H]1CCNC1=O)NC(=O)c1cncc(Br)c1. The van der Waals surface area contributed by atoms with Gasteiger partial charge in [0, 0.05) is 41.4 Å². The van der Waals surface area contributed by atoms with Gasteiger partial charge in [-0.05, 0) is 41.8 Å². The topological polar surface area (TPSA) is 97.4 Å². The highest BCUT2D eigenvalue weighted by molar-refractivity contribution is 9.10. The molecule has 1 aromatic rings.